The number of alkyl halides is 3. The average molecular weight is 366 g/mol. The Kier molecular flexibility index (Phi) is 4.75. The summed E-state index contributed by atoms with van der Waals surface area (Å²) in [5.74, 6) is -2.20. The molecule has 0 aliphatic heterocycles. The molecule has 1 fully saturated rings. The number of amides is 1. The summed E-state index contributed by atoms with van der Waals surface area (Å²) in [7, 11) is 0. The molecular weight excluding hydrogens is 351 g/mol. The Morgan fingerprint density at radius 2 is 2.14 bits per heavy atom. The van der Waals surface area contributed by atoms with Gasteiger partial charge in [0.1, 0.15) is 5.82 Å². The first kappa shape index (κ1) is 16.1. The number of nitrogen functional groups attached to an aromatic ring is 1. The molecule has 21 heavy (non-hydrogen) atoms. The number of pyridine rings is 1. The maximum absolute atomic E-state index is 12.7. The lowest BCUT2D eigenvalue weighted by Crippen LogP contribution is -2.34. The summed E-state index contributed by atoms with van der Waals surface area (Å²) in [5, 5.41) is 2.56. The number of nitrogens with zero attached hydrogens (tertiary/aromatic N) is 1. The maximum Gasteiger partial charge on any atom is 0.391 e. The lowest BCUT2D eigenvalue weighted by molar-refractivity contribution is -0.185. The molecule has 1 aromatic heterocycles. The van der Waals surface area contributed by atoms with E-state index in [4.69, 9.17) is 5.73 Å². The van der Waals surface area contributed by atoms with Crippen LogP contribution >= 0.6 is 15.9 Å². The summed E-state index contributed by atoms with van der Waals surface area (Å²) in [5.41, 5.74) is 5.96. The number of carbonyl (C=O) groups excluding carboxylic acids is 1. The van der Waals surface area contributed by atoms with Crippen LogP contribution in [0.3, 0.4) is 0 Å². The van der Waals surface area contributed by atoms with Gasteiger partial charge in [0.05, 0.1) is 22.3 Å². The van der Waals surface area contributed by atoms with Crippen LogP contribution < -0.4 is 11.1 Å². The maximum atomic E-state index is 12.7. The molecule has 8 heteroatoms. The van der Waals surface area contributed by atoms with Gasteiger partial charge in [0.25, 0.3) is 0 Å². The summed E-state index contributed by atoms with van der Waals surface area (Å²) in [6, 6.07) is 1.57. The van der Waals surface area contributed by atoms with Crippen molar-refractivity contribution in [1.29, 1.82) is 0 Å². The Balaban J connectivity index is 2.03. The molecule has 1 aromatic rings. The highest BCUT2D eigenvalue weighted by atomic mass is 79.9. The Hall–Kier alpha value is -1.31. The molecule has 1 aliphatic carbocycles. The summed E-state index contributed by atoms with van der Waals surface area (Å²) in [6.07, 6.45) is -2.07. The van der Waals surface area contributed by atoms with E-state index in [1.165, 1.54) is 6.20 Å². The van der Waals surface area contributed by atoms with Gasteiger partial charge < -0.3 is 11.1 Å². The average Bonchev–Trinajstić information content (AvgIpc) is 2.41. The number of hydrogen-bond donors (Lipinski definition) is 2. The standard InChI is InChI=1S/C13H15BrF3N3O/c14-10-5-9(18)6-19-11(10)20-12(21)7-2-1-3-8(4-7)13(15,16)17/h5-8H,1-4,18H2,(H,19,20,21). The number of halogens is 4. The van der Waals surface area contributed by atoms with Gasteiger partial charge in [-0.15, -0.1) is 0 Å². The fraction of sp³-hybridized carbons (Fsp3) is 0.538. The third-order valence-corrected chi connectivity index (χ3v) is 4.22. The number of rotatable bonds is 2. The molecule has 0 radical (unpaired) electrons. The zero-order chi connectivity index (χ0) is 15.6. The van der Waals surface area contributed by atoms with E-state index in [0.717, 1.165) is 0 Å². The molecule has 3 N–H and O–H groups in total. The Labute approximate surface area is 128 Å². The van der Waals surface area contributed by atoms with Crippen molar-refractivity contribution in [3.63, 3.8) is 0 Å². The summed E-state index contributed by atoms with van der Waals surface area (Å²) in [6.45, 7) is 0. The molecule has 0 aromatic carbocycles. The molecule has 1 amide bonds. The highest BCUT2D eigenvalue weighted by Crippen LogP contribution is 2.40. The first-order valence-electron chi connectivity index (χ1n) is 6.56. The third-order valence-electron chi connectivity index (χ3n) is 3.61. The topological polar surface area (TPSA) is 68.0 Å². The second-order valence-electron chi connectivity index (χ2n) is 5.19. The molecule has 116 valence electrons. The number of nitrogens with two attached hydrogens (primary N) is 1. The molecule has 1 heterocycles. The van der Waals surface area contributed by atoms with Gasteiger partial charge in [-0.3, -0.25) is 4.79 Å². The minimum Gasteiger partial charge on any atom is -0.397 e. The van der Waals surface area contributed by atoms with Crippen molar-refractivity contribution in [3.8, 4) is 0 Å². The van der Waals surface area contributed by atoms with E-state index in [1.54, 1.807) is 6.07 Å². The van der Waals surface area contributed by atoms with Gasteiger partial charge in [0.2, 0.25) is 5.91 Å². The van der Waals surface area contributed by atoms with Crippen LogP contribution in [-0.2, 0) is 4.79 Å². The summed E-state index contributed by atoms with van der Waals surface area (Å²) in [4.78, 5) is 16.1. The first-order chi connectivity index (χ1) is 9.77. The lowest BCUT2D eigenvalue weighted by atomic mass is 9.80. The van der Waals surface area contributed by atoms with Crippen LogP contribution in [0.15, 0.2) is 16.7 Å². The predicted octanol–water partition coefficient (Wildman–Crippen LogP) is 3.73. The molecule has 2 rings (SSSR count). The molecule has 1 saturated carbocycles. The Morgan fingerprint density at radius 1 is 1.43 bits per heavy atom. The van der Waals surface area contributed by atoms with Crippen LogP contribution in [0.4, 0.5) is 24.7 Å². The second kappa shape index (κ2) is 6.21. The van der Waals surface area contributed by atoms with Crippen LogP contribution in [-0.4, -0.2) is 17.1 Å². The van der Waals surface area contributed by atoms with E-state index in [9.17, 15) is 18.0 Å². The van der Waals surface area contributed by atoms with Crippen molar-refractivity contribution in [2.75, 3.05) is 11.1 Å². The van der Waals surface area contributed by atoms with Gasteiger partial charge in [-0.05, 0) is 41.3 Å². The quantitative estimate of drug-likeness (QED) is 0.838. The monoisotopic (exact) mass is 365 g/mol. The molecule has 1 aliphatic rings. The van der Waals surface area contributed by atoms with Crippen molar-refractivity contribution in [2.24, 2.45) is 11.8 Å². The van der Waals surface area contributed by atoms with Gasteiger partial charge in [-0.2, -0.15) is 13.2 Å². The normalized spacial score (nSPS) is 22.9. The molecule has 2 unspecified atom stereocenters. The summed E-state index contributed by atoms with van der Waals surface area (Å²) >= 11 is 3.21. The first-order valence-corrected chi connectivity index (χ1v) is 7.35. The Bertz CT molecular complexity index is 536. The number of carbonyl (C=O) groups is 1. The van der Waals surface area contributed by atoms with Gasteiger partial charge in [-0.25, -0.2) is 4.98 Å². The molecule has 0 saturated heterocycles. The van der Waals surface area contributed by atoms with Crippen LogP contribution in [0.1, 0.15) is 25.7 Å². The number of nitrogens with one attached hydrogen (secondary N) is 1. The molecule has 0 spiro atoms. The molecule has 4 nitrogen and oxygen atoms in total. The van der Waals surface area contributed by atoms with Crippen molar-refractivity contribution in [3.05, 3.63) is 16.7 Å². The fourth-order valence-electron chi connectivity index (χ4n) is 2.49. The SMILES string of the molecule is Nc1cnc(NC(=O)C2CCCC(C(F)(F)F)C2)c(Br)c1. The van der Waals surface area contributed by atoms with Gasteiger partial charge in [0, 0.05) is 5.92 Å². The van der Waals surface area contributed by atoms with E-state index in [-0.39, 0.29) is 18.7 Å². The number of hydrogen-bond acceptors (Lipinski definition) is 3. The zero-order valence-corrected chi connectivity index (χ0v) is 12.7. The fourth-order valence-corrected chi connectivity index (χ4v) is 2.95. The molecule has 0 bridgehead atoms. The lowest BCUT2D eigenvalue weighted by Gasteiger charge is -2.29. The van der Waals surface area contributed by atoms with Crippen LogP contribution in [0.5, 0.6) is 0 Å². The third kappa shape index (κ3) is 4.09. The van der Waals surface area contributed by atoms with Crippen LogP contribution in [0.2, 0.25) is 0 Å². The van der Waals surface area contributed by atoms with E-state index in [2.05, 4.69) is 26.2 Å². The highest BCUT2D eigenvalue weighted by Gasteiger charge is 2.43. The van der Waals surface area contributed by atoms with Crippen molar-refractivity contribution < 1.29 is 18.0 Å². The summed E-state index contributed by atoms with van der Waals surface area (Å²) < 4.78 is 38.7. The highest BCUT2D eigenvalue weighted by molar-refractivity contribution is 9.10. The van der Waals surface area contributed by atoms with E-state index >= 15 is 0 Å². The van der Waals surface area contributed by atoms with E-state index in [0.29, 0.717) is 23.0 Å². The van der Waals surface area contributed by atoms with Crippen molar-refractivity contribution in [1.82, 2.24) is 4.98 Å². The number of anilines is 2. The van der Waals surface area contributed by atoms with E-state index in [1.807, 2.05) is 0 Å². The minimum atomic E-state index is -4.24. The second-order valence-corrected chi connectivity index (χ2v) is 6.04. The smallest absolute Gasteiger partial charge is 0.391 e. The van der Waals surface area contributed by atoms with Crippen molar-refractivity contribution in [2.45, 2.75) is 31.9 Å². The van der Waals surface area contributed by atoms with Gasteiger partial charge >= 0.3 is 6.18 Å². The largest absolute Gasteiger partial charge is 0.397 e. The zero-order valence-electron chi connectivity index (χ0n) is 11.1. The number of aromatic nitrogens is 1. The van der Waals surface area contributed by atoms with Gasteiger partial charge in [-0.1, -0.05) is 6.42 Å². The van der Waals surface area contributed by atoms with Crippen molar-refractivity contribution >= 4 is 33.3 Å². The predicted molar refractivity (Wildman–Crippen MR) is 76.5 cm³/mol. The molecule has 2 atom stereocenters. The van der Waals surface area contributed by atoms with Crippen LogP contribution in [0, 0.1) is 11.8 Å². The molecular formula is C13H15BrF3N3O. The van der Waals surface area contributed by atoms with Gasteiger partial charge in [0.15, 0.2) is 0 Å². The Morgan fingerprint density at radius 3 is 2.76 bits per heavy atom. The van der Waals surface area contributed by atoms with E-state index < -0.39 is 23.9 Å². The van der Waals surface area contributed by atoms with Crippen LogP contribution in [0.25, 0.3) is 0 Å². The minimum absolute atomic E-state index is 0.0943.